The minimum atomic E-state index is -1.09. The Morgan fingerprint density at radius 2 is 2.06 bits per heavy atom. The molecular weight excluding hydrogens is 232 g/mol. The number of carbonyl (C=O) groups is 2. The fourth-order valence-electron chi connectivity index (χ4n) is 0.622. The third kappa shape index (κ3) is 7.09. The van der Waals surface area contributed by atoms with E-state index in [2.05, 4.69) is 27.7 Å². The smallest absolute Gasteiger partial charge is 0.372 e. The molecule has 0 aromatic heterocycles. The summed E-state index contributed by atoms with van der Waals surface area (Å²) in [4.78, 5) is 29.9. The molecule has 0 aliphatic carbocycles. The van der Waals surface area contributed by atoms with Crippen molar-refractivity contribution in [3.8, 4) is 0 Å². The Hall–Kier alpha value is -1.86. The van der Waals surface area contributed by atoms with Gasteiger partial charge in [-0.15, -0.1) is 0 Å². The van der Waals surface area contributed by atoms with E-state index in [0.717, 1.165) is 6.08 Å². The molecule has 0 aromatic carbocycles. The van der Waals surface area contributed by atoms with Gasteiger partial charge in [0.2, 0.25) is 0 Å². The number of aliphatic hydroxyl groups excluding tert-OH is 1. The molecule has 0 aromatic rings. The molecule has 96 valence electrons. The van der Waals surface area contributed by atoms with E-state index in [1.807, 2.05) is 0 Å². The number of esters is 1. The van der Waals surface area contributed by atoms with Crippen LogP contribution in [0.4, 0.5) is 0 Å². The Balaban J connectivity index is 3.69. The summed E-state index contributed by atoms with van der Waals surface area (Å²) in [5, 5.41) is 9.28. The molecule has 1 unspecified atom stereocenters. The third-order valence-corrected chi connectivity index (χ3v) is 1.43. The summed E-state index contributed by atoms with van der Waals surface area (Å²) in [5.74, 6) is -1.76. The van der Waals surface area contributed by atoms with Gasteiger partial charge in [0, 0.05) is 6.08 Å². The van der Waals surface area contributed by atoms with Crippen LogP contribution in [0.5, 0.6) is 0 Å². The molecule has 0 aliphatic heterocycles. The summed E-state index contributed by atoms with van der Waals surface area (Å²) in [7, 11) is 1.17. The van der Waals surface area contributed by atoms with Crippen LogP contribution in [0, 0.1) is 0 Å². The van der Waals surface area contributed by atoms with Crippen molar-refractivity contribution in [2.24, 2.45) is 0 Å². The fourth-order valence-corrected chi connectivity index (χ4v) is 0.622. The highest BCUT2D eigenvalue weighted by molar-refractivity contribution is 5.85. The lowest BCUT2D eigenvalue weighted by atomic mass is 10.4. The SMILES string of the molecule is C=CC(=O)OOCC(O)COC(=C)C(=O)OC. The maximum atomic E-state index is 10.8. The molecule has 0 aliphatic rings. The molecule has 1 N–H and O–H groups in total. The van der Waals surface area contributed by atoms with E-state index in [9.17, 15) is 14.7 Å². The first kappa shape index (κ1) is 15.1. The molecule has 7 heteroatoms. The van der Waals surface area contributed by atoms with Gasteiger partial charge in [0.05, 0.1) is 7.11 Å². The minimum absolute atomic E-state index is 0.241. The fraction of sp³-hybridized carbons (Fsp3) is 0.400. The molecule has 7 nitrogen and oxygen atoms in total. The minimum Gasteiger partial charge on any atom is -0.484 e. The van der Waals surface area contributed by atoms with E-state index < -0.39 is 18.0 Å². The zero-order chi connectivity index (χ0) is 13.3. The summed E-state index contributed by atoms with van der Waals surface area (Å²) < 4.78 is 9.10. The Morgan fingerprint density at radius 1 is 1.41 bits per heavy atom. The Kier molecular flexibility index (Phi) is 7.40. The second-order valence-electron chi connectivity index (χ2n) is 2.77. The van der Waals surface area contributed by atoms with E-state index in [0.29, 0.717) is 0 Å². The van der Waals surface area contributed by atoms with Crippen molar-refractivity contribution in [1.82, 2.24) is 0 Å². The quantitative estimate of drug-likeness (QED) is 0.207. The second kappa shape index (κ2) is 8.31. The molecule has 0 rings (SSSR count). The van der Waals surface area contributed by atoms with Crippen molar-refractivity contribution in [3.63, 3.8) is 0 Å². The maximum absolute atomic E-state index is 10.8. The van der Waals surface area contributed by atoms with Crippen LogP contribution in [0.1, 0.15) is 0 Å². The molecule has 0 fully saturated rings. The van der Waals surface area contributed by atoms with Crippen molar-refractivity contribution in [1.29, 1.82) is 0 Å². The zero-order valence-electron chi connectivity index (χ0n) is 9.38. The van der Waals surface area contributed by atoms with Crippen molar-refractivity contribution < 1.29 is 33.9 Å². The van der Waals surface area contributed by atoms with Gasteiger partial charge in [-0.05, 0) is 6.58 Å². The largest absolute Gasteiger partial charge is 0.484 e. The van der Waals surface area contributed by atoms with Crippen molar-refractivity contribution in [2.75, 3.05) is 20.3 Å². The third-order valence-electron chi connectivity index (χ3n) is 1.43. The highest BCUT2D eigenvalue weighted by Gasteiger charge is 2.12. The maximum Gasteiger partial charge on any atom is 0.372 e. The van der Waals surface area contributed by atoms with Crippen LogP contribution in [-0.2, 0) is 28.8 Å². The van der Waals surface area contributed by atoms with Crippen LogP contribution in [-0.4, -0.2) is 43.5 Å². The topological polar surface area (TPSA) is 91.3 Å². The van der Waals surface area contributed by atoms with Gasteiger partial charge in [0.1, 0.15) is 19.3 Å². The lowest BCUT2D eigenvalue weighted by molar-refractivity contribution is -0.278. The predicted octanol–water partition coefficient (Wildman–Crippen LogP) is -0.289. The number of carbonyl (C=O) groups excluding carboxylic acids is 2. The number of aliphatic hydroxyl groups is 1. The van der Waals surface area contributed by atoms with Crippen LogP contribution in [0.25, 0.3) is 0 Å². The lowest BCUT2D eigenvalue weighted by Gasteiger charge is -2.11. The number of methoxy groups -OCH3 is 1. The van der Waals surface area contributed by atoms with Crippen molar-refractivity contribution >= 4 is 11.9 Å². The van der Waals surface area contributed by atoms with Gasteiger partial charge >= 0.3 is 11.9 Å². The van der Waals surface area contributed by atoms with Gasteiger partial charge < -0.3 is 14.6 Å². The molecule has 0 saturated heterocycles. The summed E-state index contributed by atoms with van der Waals surface area (Å²) in [6.07, 6.45) is -0.184. The van der Waals surface area contributed by atoms with Crippen molar-refractivity contribution in [2.45, 2.75) is 6.10 Å². The van der Waals surface area contributed by atoms with Crippen molar-refractivity contribution in [3.05, 3.63) is 25.0 Å². The van der Waals surface area contributed by atoms with Gasteiger partial charge in [-0.3, -0.25) is 4.89 Å². The Labute approximate surface area is 98.1 Å². The van der Waals surface area contributed by atoms with Crippen LogP contribution < -0.4 is 0 Å². The van der Waals surface area contributed by atoms with Crippen LogP contribution in [0.2, 0.25) is 0 Å². The first-order chi connectivity index (χ1) is 8.01. The number of ether oxygens (including phenoxy) is 2. The average molecular weight is 246 g/mol. The molecule has 0 amide bonds. The number of hydrogen-bond acceptors (Lipinski definition) is 7. The Bertz CT molecular complexity index is 297. The highest BCUT2D eigenvalue weighted by atomic mass is 17.2. The normalized spacial score (nSPS) is 11.2. The van der Waals surface area contributed by atoms with E-state index in [1.165, 1.54) is 7.11 Å². The number of hydrogen-bond donors (Lipinski definition) is 1. The molecule has 0 saturated carbocycles. The van der Waals surface area contributed by atoms with E-state index >= 15 is 0 Å². The van der Waals surface area contributed by atoms with E-state index in [-0.39, 0.29) is 19.0 Å². The van der Waals surface area contributed by atoms with Gasteiger partial charge in [-0.25, -0.2) is 9.59 Å². The van der Waals surface area contributed by atoms with Gasteiger partial charge in [0.25, 0.3) is 0 Å². The second-order valence-corrected chi connectivity index (χ2v) is 2.77. The molecule has 0 radical (unpaired) electrons. The Morgan fingerprint density at radius 3 is 2.59 bits per heavy atom. The van der Waals surface area contributed by atoms with Crippen LogP contribution in [0.3, 0.4) is 0 Å². The lowest BCUT2D eigenvalue weighted by Crippen LogP contribution is -2.23. The summed E-state index contributed by atoms with van der Waals surface area (Å²) in [5.41, 5.74) is 0. The van der Waals surface area contributed by atoms with Gasteiger partial charge in [0.15, 0.2) is 5.76 Å². The molecule has 17 heavy (non-hydrogen) atoms. The summed E-state index contributed by atoms with van der Waals surface area (Å²) in [6, 6.07) is 0. The van der Waals surface area contributed by atoms with Crippen LogP contribution in [0.15, 0.2) is 25.0 Å². The zero-order valence-corrected chi connectivity index (χ0v) is 9.38. The molecule has 0 spiro atoms. The molecule has 1 atom stereocenters. The first-order valence-electron chi connectivity index (χ1n) is 4.55. The van der Waals surface area contributed by atoms with Gasteiger partial charge in [-0.1, -0.05) is 6.58 Å². The first-order valence-corrected chi connectivity index (χ1v) is 4.55. The van der Waals surface area contributed by atoms with Gasteiger partial charge in [-0.2, -0.15) is 4.89 Å². The predicted molar refractivity (Wildman–Crippen MR) is 55.4 cm³/mol. The monoisotopic (exact) mass is 246 g/mol. The van der Waals surface area contributed by atoms with E-state index in [1.54, 1.807) is 0 Å². The highest BCUT2D eigenvalue weighted by Crippen LogP contribution is 1.98. The van der Waals surface area contributed by atoms with E-state index in [4.69, 9.17) is 4.74 Å². The summed E-state index contributed by atoms with van der Waals surface area (Å²) >= 11 is 0. The molecule has 0 bridgehead atoms. The number of rotatable bonds is 8. The molecular formula is C10H14O7. The standard InChI is InChI=1S/C10H14O7/c1-4-9(12)17-16-6-8(11)5-15-7(2)10(13)14-3/h4,8,11H,1-2,5-6H2,3H3. The molecule has 0 heterocycles. The average Bonchev–Trinajstić information content (AvgIpc) is 2.34. The van der Waals surface area contributed by atoms with Crippen LogP contribution >= 0.6 is 0 Å². The summed E-state index contributed by atoms with van der Waals surface area (Å²) in [6.45, 7) is 5.85.